The van der Waals surface area contributed by atoms with Gasteiger partial charge in [-0.25, -0.2) is 0 Å². The lowest BCUT2D eigenvalue weighted by Crippen LogP contribution is -2.63. The molecule has 0 unspecified atom stereocenters. The second kappa shape index (κ2) is 14.6. The molecule has 1 saturated carbocycles. The van der Waals surface area contributed by atoms with Crippen LogP contribution < -0.4 is 10.6 Å². The summed E-state index contributed by atoms with van der Waals surface area (Å²) in [4.78, 5) is 48.2. The van der Waals surface area contributed by atoms with E-state index in [1.807, 2.05) is 47.4 Å². The Morgan fingerprint density at radius 3 is 2.26 bits per heavy atom. The number of benzene rings is 2. The average Bonchev–Trinajstić information content (AvgIpc) is 3.05. The molecule has 9 heteroatoms. The van der Waals surface area contributed by atoms with Gasteiger partial charge >= 0.3 is 0 Å². The SMILES string of the molecule is O=C(Cc1ccccc1)NCC1(N2CCN(C(=O)[C@@H](Cc3ccc(Cl)cc3)NC(=O)c3cccnc3)CC2)CCCCC1. The Hall–Kier alpha value is -3.75. The van der Waals surface area contributed by atoms with Crippen LogP contribution in [0.1, 0.15) is 53.6 Å². The molecule has 2 aromatic carbocycles. The first kappa shape index (κ1) is 30.7. The molecule has 3 aromatic rings. The van der Waals surface area contributed by atoms with Crippen molar-refractivity contribution in [1.82, 2.24) is 25.4 Å². The molecule has 5 rings (SSSR count). The van der Waals surface area contributed by atoms with E-state index < -0.39 is 6.04 Å². The molecule has 226 valence electrons. The number of hydrogen-bond acceptors (Lipinski definition) is 5. The van der Waals surface area contributed by atoms with Gasteiger partial charge in [0.25, 0.3) is 5.91 Å². The van der Waals surface area contributed by atoms with Crippen molar-refractivity contribution in [2.75, 3.05) is 32.7 Å². The number of carbonyl (C=O) groups is 3. The number of rotatable bonds is 10. The first-order valence-corrected chi connectivity index (χ1v) is 15.6. The molecular formula is C34H40ClN5O3. The minimum Gasteiger partial charge on any atom is -0.354 e. The zero-order valence-corrected chi connectivity index (χ0v) is 25.3. The van der Waals surface area contributed by atoms with E-state index >= 15 is 0 Å². The molecule has 1 atom stereocenters. The van der Waals surface area contributed by atoms with Gasteiger partial charge in [0.05, 0.1) is 12.0 Å². The Labute approximate surface area is 258 Å². The van der Waals surface area contributed by atoms with E-state index in [2.05, 4.69) is 20.5 Å². The van der Waals surface area contributed by atoms with Crippen molar-refractivity contribution in [3.05, 3.63) is 101 Å². The topological polar surface area (TPSA) is 94.6 Å². The van der Waals surface area contributed by atoms with Crippen LogP contribution in [0.25, 0.3) is 0 Å². The summed E-state index contributed by atoms with van der Waals surface area (Å²) in [5.74, 6) is -0.383. The summed E-state index contributed by atoms with van der Waals surface area (Å²) in [6, 6.07) is 19.8. The molecule has 1 aliphatic carbocycles. The number of hydrogen-bond donors (Lipinski definition) is 2. The number of nitrogens with one attached hydrogen (secondary N) is 2. The van der Waals surface area contributed by atoms with Crippen molar-refractivity contribution in [2.24, 2.45) is 0 Å². The molecule has 43 heavy (non-hydrogen) atoms. The summed E-state index contributed by atoms with van der Waals surface area (Å²) in [5.41, 5.74) is 2.24. The van der Waals surface area contributed by atoms with Crippen molar-refractivity contribution < 1.29 is 14.4 Å². The fraction of sp³-hybridized carbons (Fsp3) is 0.412. The van der Waals surface area contributed by atoms with E-state index in [-0.39, 0.29) is 23.3 Å². The number of nitrogens with zero attached hydrogens (tertiary/aromatic N) is 3. The lowest BCUT2D eigenvalue weighted by atomic mass is 9.79. The van der Waals surface area contributed by atoms with Crippen molar-refractivity contribution >= 4 is 29.3 Å². The van der Waals surface area contributed by atoms with Gasteiger partial charge in [-0.15, -0.1) is 0 Å². The maximum atomic E-state index is 13.9. The molecular weight excluding hydrogens is 562 g/mol. The van der Waals surface area contributed by atoms with Crippen molar-refractivity contribution in [2.45, 2.75) is 56.5 Å². The van der Waals surface area contributed by atoms with Crippen LogP contribution in [0.4, 0.5) is 0 Å². The fourth-order valence-corrected chi connectivity index (χ4v) is 6.46. The van der Waals surface area contributed by atoms with Gasteiger partial charge in [-0.05, 0) is 48.2 Å². The van der Waals surface area contributed by atoms with Crippen LogP contribution in [0.5, 0.6) is 0 Å². The van der Waals surface area contributed by atoms with Gasteiger partial charge in [0.1, 0.15) is 6.04 Å². The highest BCUT2D eigenvalue weighted by Gasteiger charge is 2.40. The van der Waals surface area contributed by atoms with Crippen LogP contribution in [0.3, 0.4) is 0 Å². The van der Waals surface area contributed by atoms with Crippen LogP contribution >= 0.6 is 11.6 Å². The van der Waals surface area contributed by atoms with E-state index in [0.29, 0.717) is 43.1 Å². The first-order chi connectivity index (χ1) is 20.9. The molecule has 2 aliphatic rings. The fourth-order valence-electron chi connectivity index (χ4n) is 6.34. The number of piperazine rings is 1. The number of aromatic nitrogens is 1. The van der Waals surface area contributed by atoms with Crippen molar-refractivity contribution in [3.8, 4) is 0 Å². The third-order valence-corrected chi connectivity index (χ3v) is 9.00. The third-order valence-electron chi connectivity index (χ3n) is 8.75. The zero-order valence-electron chi connectivity index (χ0n) is 24.5. The second-order valence-electron chi connectivity index (χ2n) is 11.6. The lowest BCUT2D eigenvalue weighted by Gasteiger charge is -2.50. The normalized spacial score (nSPS) is 17.6. The molecule has 0 spiro atoms. The van der Waals surface area contributed by atoms with Crippen LogP contribution in [-0.4, -0.2) is 76.8 Å². The van der Waals surface area contributed by atoms with E-state index in [4.69, 9.17) is 11.6 Å². The Morgan fingerprint density at radius 1 is 0.860 bits per heavy atom. The van der Waals surface area contributed by atoms with Gasteiger partial charge in [0, 0.05) is 62.1 Å². The van der Waals surface area contributed by atoms with Gasteiger partial charge < -0.3 is 15.5 Å². The average molecular weight is 602 g/mol. The summed E-state index contributed by atoms with van der Waals surface area (Å²) < 4.78 is 0. The van der Waals surface area contributed by atoms with Crippen LogP contribution in [0.15, 0.2) is 79.1 Å². The smallest absolute Gasteiger partial charge is 0.253 e. The maximum Gasteiger partial charge on any atom is 0.253 e. The summed E-state index contributed by atoms with van der Waals surface area (Å²) in [5, 5.41) is 6.82. The first-order valence-electron chi connectivity index (χ1n) is 15.2. The number of halogens is 1. The highest BCUT2D eigenvalue weighted by atomic mass is 35.5. The van der Waals surface area contributed by atoms with Gasteiger partial charge in [-0.2, -0.15) is 0 Å². The number of pyridine rings is 1. The minimum atomic E-state index is -0.721. The third kappa shape index (κ3) is 8.21. The molecule has 0 radical (unpaired) electrons. The highest BCUT2D eigenvalue weighted by molar-refractivity contribution is 6.30. The van der Waals surface area contributed by atoms with E-state index in [0.717, 1.165) is 49.9 Å². The standard InChI is InChI=1S/C34H40ClN5O3/c35-29-13-11-27(12-14-29)22-30(38-32(42)28-10-7-17-36-24-28)33(43)39-18-20-40(21-19-39)34(15-5-2-6-16-34)25-37-31(41)23-26-8-3-1-4-9-26/h1,3-4,7-14,17,24,30H,2,5-6,15-16,18-23,25H2,(H,37,41)(H,38,42)/t30-/m1/s1. The zero-order chi connectivity index (χ0) is 30.1. The molecule has 0 bridgehead atoms. The Morgan fingerprint density at radius 2 is 1.58 bits per heavy atom. The molecule has 2 N–H and O–H groups in total. The molecule has 1 saturated heterocycles. The van der Waals surface area contributed by atoms with Crippen LogP contribution in [-0.2, 0) is 22.4 Å². The monoisotopic (exact) mass is 601 g/mol. The highest BCUT2D eigenvalue weighted by Crippen LogP contribution is 2.34. The molecule has 2 heterocycles. The molecule has 1 aromatic heterocycles. The largest absolute Gasteiger partial charge is 0.354 e. The summed E-state index contributed by atoms with van der Waals surface area (Å²) in [6.07, 6.45) is 9.40. The van der Waals surface area contributed by atoms with Gasteiger partial charge in [-0.1, -0.05) is 73.3 Å². The van der Waals surface area contributed by atoms with Gasteiger partial charge in [0.2, 0.25) is 11.8 Å². The number of carbonyl (C=O) groups excluding carboxylic acids is 3. The van der Waals surface area contributed by atoms with Gasteiger partial charge in [-0.3, -0.25) is 24.3 Å². The quantitative estimate of drug-likeness (QED) is 0.362. The van der Waals surface area contributed by atoms with Crippen LogP contribution in [0.2, 0.25) is 5.02 Å². The Balaban J connectivity index is 1.23. The van der Waals surface area contributed by atoms with E-state index in [9.17, 15) is 14.4 Å². The maximum absolute atomic E-state index is 13.9. The summed E-state index contributed by atoms with van der Waals surface area (Å²) in [6.45, 7) is 3.21. The minimum absolute atomic E-state index is 0.0411. The Kier molecular flexibility index (Phi) is 10.4. The predicted molar refractivity (Wildman–Crippen MR) is 168 cm³/mol. The van der Waals surface area contributed by atoms with Crippen molar-refractivity contribution in [3.63, 3.8) is 0 Å². The Bertz CT molecular complexity index is 1360. The second-order valence-corrected chi connectivity index (χ2v) is 12.1. The summed E-state index contributed by atoms with van der Waals surface area (Å²) in [7, 11) is 0. The van der Waals surface area contributed by atoms with E-state index in [1.54, 1.807) is 30.5 Å². The van der Waals surface area contributed by atoms with Gasteiger partial charge in [0.15, 0.2) is 0 Å². The molecule has 3 amide bonds. The van der Waals surface area contributed by atoms with Crippen molar-refractivity contribution in [1.29, 1.82) is 0 Å². The predicted octanol–water partition coefficient (Wildman–Crippen LogP) is 4.28. The molecule has 1 aliphatic heterocycles. The van der Waals surface area contributed by atoms with E-state index in [1.165, 1.54) is 12.6 Å². The molecule has 2 fully saturated rings. The lowest BCUT2D eigenvalue weighted by molar-refractivity contribution is -0.136. The molecule has 8 nitrogen and oxygen atoms in total. The summed E-state index contributed by atoms with van der Waals surface area (Å²) >= 11 is 6.08. The number of amides is 3. The van der Waals surface area contributed by atoms with Crippen LogP contribution in [0, 0.1) is 0 Å².